The average Bonchev–Trinajstić information content (AvgIpc) is 1.60. The summed E-state index contributed by atoms with van der Waals surface area (Å²) in [6.45, 7) is 4.36. The Morgan fingerprint density at radius 1 is 1.56 bits per heavy atom. The van der Waals surface area contributed by atoms with Crippen LogP contribution < -0.4 is 0 Å². The molecule has 0 aliphatic heterocycles. The Hall–Kier alpha value is -0.230. The van der Waals surface area contributed by atoms with Gasteiger partial charge in [-0.25, -0.2) is 0 Å². The van der Waals surface area contributed by atoms with Gasteiger partial charge in [0, 0.05) is 5.03 Å². The van der Waals surface area contributed by atoms with Crippen LogP contribution in [0, 0.1) is 5.41 Å². The molecule has 0 heterocycles. The highest BCUT2D eigenvalue weighted by molar-refractivity contribution is 6.29. The third-order valence-electron chi connectivity index (χ3n) is 1.45. The van der Waals surface area contributed by atoms with Crippen LogP contribution in [0.1, 0.15) is 20.3 Å². The van der Waals surface area contributed by atoms with Crippen LogP contribution in [0.5, 0.6) is 0 Å². The zero-order valence-electron chi connectivity index (χ0n) is 5.82. The lowest BCUT2D eigenvalue weighted by Gasteiger charge is -2.21. The molecule has 1 aliphatic rings. The standard InChI is InChI=1S/C8H11Cl/c1-8(2)5-3-4-7(9)6-8/h3-5H,6H2,1-2H3. The van der Waals surface area contributed by atoms with E-state index in [0.717, 1.165) is 11.5 Å². The summed E-state index contributed by atoms with van der Waals surface area (Å²) in [5, 5.41) is 0.961. The fourth-order valence-electron chi connectivity index (χ4n) is 0.966. The van der Waals surface area contributed by atoms with Gasteiger partial charge in [-0.15, -0.1) is 0 Å². The second-order valence-electron chi connectivity index (χ2n) is 3.14. The average molecular weight is 143 g/mol. The molecule has 0 nitrogen and oxygen atoms in total. The molecule has 0 saturated carbocycles. The molecule has 0 radical (unpaired) electrons. The van der Waals surface area contributed by atoms with Gasteiger partial charge < -0.3 is 0 Å². The van der Waals surface area contributed by atoms with E-state index in [1.165, 1.54) is 0 Å². The zero-order valence-corrected chi connectivity index (χ0v) is 6.57. The quantitative estimate of drug-likeness (QED) is 0.488. The molecule has 1 aliphatic carbocycles. The molecule has 0 aromatic rings. The van der Waals surface area contributed by atoms with Crippen LogP contribution in [0.3, 0.4) is 0 Å². The molecule has 0 fully saturated rings. The van der Waals surface area contributed by atoms with Crippen molar-refractivity contribution in [3.63, 3.8) is 0 Å². The van der Waals surface area contributed by atoms with E-state index in [2.05, 4.69) is 19.9 Å². The van der Waals surface area contributed by atoms with Crippen LogP contribution in [0.25, 0.3) is 0 Å². The molecule has 0 N–H and O–H groups in total. The third kappa shape index (κ3) is 1.87. The highest BCUT2D eigenvalue weighted by Crippen LogP contribution is 2.31. The fraction of sp³-hybridized carbons (Fsp3) is 0.500. The minimum absolute atomic E-state index is 0.270. The summed E-state index contributed by atoms with van der Waals surface area (Å²) in [5.41, 5.74) is 0.270. The first-order valence-corrected chi connectivity index (χ1v) is 3.52. The maximum atomic E-state index is 5.81. The molecule has 0 aromatic heterocycles. The van der Waals surface area contributed by atoms with Crippen molar-refractivity contribution in [2.75, 3.05) is 0 Å². The topological polar surface area (TPSA) is 0 Å². The Balaban J connectivity index is 2.73. The lowest BCUT2D eigenvalue weighted by atomic mass is 9.86. The van der Waals surface area contributed by atoms with Crippen molar-refractivity contribution in [1.29, 1.82) is 0 Å². The van der Waals surface area contributed by atoms with Crippen molar-refractivity contribution < 1.29 is 0 Å². The van der Waals surface area contributed by atoms with Gasteiger partial charge in [0.05, 0.1) is 0 Å². The highest BCUT2D eigenvalue weighted by atomic mass is 35.5. The Labute approximate surface area is 61.2 Å². The first-order valence-electron chi connectivity index (χ1n) is 3.14. The lowest BCUT2D eigenvalue weighted by molar-refractivity contribution is 0.480. The van der Waals surface area contributed by atoms with Crippen molar-refractivity contribution in [2.24, 2.45) is 5.41 Å². The molecular formula is C8H11Cl. The van der Waals surface area contributed by atoms with Gasteiger partial charge in [-0.05, 0) is 17.9 Å². The molecule has 0 unspecified atom stereocenters. The van der Waals surface area contributed by atoms with Gasteiger partial charge in [0.25, 0.3) is 0 Å². The summed E-state index contributed by atoms with van der Waals surface area (Å²) in [7, 11) is 0. The molecule has 9 heavy (non-hydrogen) atoms. The smallest absolute Gasteiger partial charge is 0.0189 e. The van der Waals surface area contributed by atoms with Gasteiger partial charge in [0.15, 0.2) is 0 Å². The van der Waals surface area contributed by atoms with E-state index in [4.69, 9.17) is 11.6 Å². The van der Waals surface area contributed by atoms with E-state index in [1.807, 2.05) is 12.2 Å². The fourth-order valence-corrected chi connectivity index (χ4v) is 1.38. The predicted molar refractivity (Wildman–Crippen MR) is 41.5 cm³/mol. The van der Waals surface area contributed by atoms with Gasteiger partial charge >= 0.3 is 0 Å². The van der Waals surface area contributed by atoms with E-state index >= 15 is 0 Å². The monoisotopic (exact) mass is 142 g/mol. The first kappa shape index (κ1) is 6.88. The third-order valence-corrected chi connectivity index (χ3v) is 1.71. The highest BCUT2D eigenvalue weighted by Gasteiger charge is 2.16. The number of hydrogen-bond acceptors (Lipinski definition) is 0. The van der Waals surface area contributed by atoms with Gasteiger partial charge in [-0.3, -0.25) is 0 Å². The second-order valence-corrected chi connectivity index (χ2v) is 3.62. The van der Waals surface area contributed by atoms with Gasteiger partial charge in [-0.1, -0.05) is 37.6 Å². The molecular weight excluding hydrogens is 132 g/mol. The molecule has 0 aromatic carbocycles. The largest absolute Gasteiger partial charge is 0.0891 e. The molecule has 0 amide bonds. The first-order chi connectivity index (χ1) is 4.10. The van der Waals surface area contributed by atoms with E-state index in [0.29, 0.717) is 0 Å². The second kappa shape index (κ2) is 2.18. The minimum atomic E-state index is 0.270. The van der Waals surface area contributed by atoms with Gasteiger partial charge in [0.2, 0.25) is 0 Å². The van der Waals surface area contributed by atoms with Crippen molar-refractivity contribution in [2.45, 2.75) is 20.3 Å². The lowest BCUT2D eigenvalue weighted by Crippen LogP contribution is -2.08. The van der Waals surface area contributed by atoms with Crippen molar-refractivity contribution >= 4 is 11.6 Å². The SMILES string of the molecule is CC1(C)C=CC=C(Cl)C1. The number of rotatable bonds is 0. The summed E-state index contributed by atoms with van der Waals surface area (Å²) >= 11 is 5.81. The summed E-state index contributed by atoms with van der Waals surface area (Å²) in [6.07, 6.45) is 7.13. The predicted octanol–water partition coefficient (Wildman–Crippen LogP) is 3.10. The van der Waals surface area contributed by atoms with Crippen molar-refractivity contribution in [3.8, 4) is 0 Å². The summed E-state index contributed by atoms with van der Waals surface area (Å²) < 4.78 is 0. The van der Waals surface area contributed by atoms with E-state index in [1.54, 1.807) is 0 Å². The van der Waals surface area contributed by atoms with E-state index in [-0.39, 0.29) is 5.41 Å². The van der Waals surface area contributed by atoms with Crippen molar-refractivity contribution in [3.05, 3.63) is 23.3 Å². The summed E-state index contributed by atoms with van der Waals surface area (Å²) in [6, 6.07) is 0. The van der Waals surface area contributed by atoms with Crippen LogP contribution in [-0.4, -0.2) is 0 Å². The van der Waals surface area contributed by atoms with Gasteiger partial charge in [0.1, 0.15) is 0 Å². The minimum Gasteiger partial charge on any atom is -0.0891 e. The summed E-state index contributed by atoms with van der Waals surface area (Å²) in [5.74, 6) is 0. The van der Waals surface area contributed by atoms with Crippen LogP contribution in [-0.2, 0) is 0 Å². The van der Waals surface area contributed by atoms with Crippen molar-refractivity contribution in [1.82, 2.24) is 0 Å². The van der Waals surface area contributed by atoms with Crippen LogP contribution >= 0.6 is 11.6 Å². The number of halogens is 1. The van der Waals surface area contributed by atoms with E-state index in [9.17, 15) is 0 Å². The number of allylic oxidation sites excluding steroid dienone is 4. The Morgan fingerprint density at radius 3 is 2.56 bits per heavy atom. The van der Waals surface area contributed by atoms with Crippen LogP contribution in [0.15, 0.2) is 23.3 Å². The maximum Gasteiger partial charge on any atom is 0.0189 e. The molecule has 0 saturated heterocycles. The molecule has 1 heteroatoms. The van der Waals surface area contributed by atoms with Crippen LogP contribution in [0.4, 0.5) is 0 Å². The molecule has 1 rings (SSSR count). The summed E-state index contributed by atoms with van der Waals surface area (Å²) in [4.78, 5) is 0. The van der Waals surface area contributed by atoms with Crippen LogP contribution in [0.2, 0.25) is 0 Å². The Morgan fingerprint density at radius 2 is 2.22 bits per heavy atom. The number of hydrogen-bond donors (Lipinski definition) is 0. The molecule has 0 atom stereocenters. The molecule has 0 spiro atoms. The maximum absolute atomic E-state index is 5.81. The zero-order chi connectivity index (χ0) is 6.91. The molecule has 0 bridgehead atoms. The normalized spacial score (nSPS) is 23.7. The van der Waals surface area contributed by atoms with E-state index < -0.39 is 0 Å². The molecule has 50 valence electrons. The Bertz CT molecular complexity index is 163. The Kier molecular flexibility index (Phi) is 1.67. The van der Waals surface area contributed by atoms with Gasteiger partial charge in [-0.2, -0.15) is 0 Å².